The first-order chi connectivity index (χ1) is 19.0. The number of rotatable bonds is 2. The van der Waals surface area contributed by atoms with Gasteiger partial charge in [0.05, 0.1) is 23.8 Å². The lowest BCUT2D eigenvalue weighted by Crippen LogP contribution is -2.59. The van der Waals surface area contributed by atoms with Crippen molar-refractivity contribution < 1.29 is 28.2 Å². The maximum absolute atomic E-state index is 14.3. The van der Waals surface area contributed by atoms with Gasteiger partial charge in [0.1, 0.15) is 24.6 Å². The molecule has 39 heavy (non-hydrogen) atoms. The number of benzene rings is 1. The van der Waals surface area contributed by atoms with E-state index >= 15 is 0 Å². The van der Waals surface area contributed by atoms with Crippen molar-refractivity contribution >= 4 is 17.7 Å². The van der Waals surface area contributed by atoms with Gasteiger partial charge in [0.25, 0.3) is 11.8 Å². The van der Waals surface area contributed by atoms with Gasteiger partial charge in [0, 0.05) is 45.0 Å². The van der Waals surface area contributed by atoms with E-state index in [1.165, 1.54) is 29.5 Å². The van der Waals surface area contributed by atoms with E-state index in [0.717, 1.165) is 12.8 Å². The predicted molar refractivity (Wildman–Crippen MR) is 138 cm³/mol. The van der Waals surface area contributed by atoms with E-state index in [9.17, 15) is 18.8 Å². The molecule has 6 rings (SSSR count). The van der Waals surface area contributed by atoms with Crippen LogP contribution in [0.2, 0.25) is 0 Å². The van der Waals surface area contributed by atoms with Gasteiger partial charge in [-0.3, -0.25) is 19.3 Å². The Kier molecular flexibility index (Phi) is 7.18. The quantitative estimate of drug-likeness (QED) is 0.616. The second-order valence-electron chi connectivity index (χ2n) is 10.6. The molecule has 3 amide bonds. The second-order valence-corrected chi connectivity index (χ2v) is 10.6. The molecule has 2 saturated heterocycles. The number of ether oxygens (including phenoxy) is 2. The lowest BCUT2D eigenvalue weighted by molar-refractivity contribution is -0.143. The van der Waals surface area contributed by atoms with Crippen molar-refractivity contribution in [3.05, 3.63) is 59.5 Å². The van der Waals surface area contributed by atoms with Gasteiger partial charge in [-0.15, -0.1) is 0 Å². The van der Waals surface area contributed by atoms with Crippen LogP contribution in [-0.4, -0.2) is 108 Å². The molecule has 4 heterocycles. The Morgan fingerprint density at radius 1 is 1.03 bits per heavy atom. The van der Waals surface area contributed by atoms with E-state index in [2.05, 4.69) is 15.2 Å². The van der Waals surface area contributed by atoms with E-state index in [1.807, 2.05) is 0 Å². The molecular formula is C28H32FN5O5. The smallest absolute Gasteiger partial charge is 0.257 e. The Morgan fingerprint density at radius 2 is 1.87 bits per heavy atom. The maximum atomic E-state index is 14.3. The number of carbonyl (C=O) groups excluding carboxylic acids is 3. The fraction of sp³-hybridized carbons (Fsp3) is 0.500. The third-order valence-electron chi connectivity index (χ3n) is 8.25. The Hall–Kier alpha value is -3.57. The third-order valence-corrected chi connectivity index (χ3v) is 8.25. The van der Waals surface area contributed by atoms with E-state index in [1.54, 1.807) is 29.3 Å². The van der Waals surface area contributed by atoms with Crippen LogP contribution in [0, 0.1) is 5.82 Å². The van der Waals surface area contributed by atoms with Crippen LogP contribution in [-0.2, 0) is 9.53 Å². The van der Waals surface area contributed by atoms with Crippen LogP contribution in [0.1, 0.15) is 40.0 Å². The van der Waals surface area contributed by atoms with Crippen molar-refractivity contribution in [2.45, 2.75) is 43.5 Å². The first-order valence-electron chi connectivity index (χ1n) is 13.6. The van der Waals surface area contributed by atoms with Crippen LogP contribution in [0.4, 0.5) is 4.39 Å². The van der Waals surface area contributed by atoms with Gasteiger partial charge in [-0.2, -0.15) is 0 Å². The molecule has 11 heteroatoms. The minimum atomic E-state index is -0.591. The zero-order chi connectivity index (χ0) is 26.9. The molecule has 1 saturated carbocycles. The summed E-state index contributed by atoms with van der Waals surface area (Å²) < 4.78 is 26.5. The van der Waals surface area contributed by atoms with Crippen molar-refractivity contribution in [1.82, 2.24) is 25.0 Å². The van der Waals surface area contributed by atoms with Crippen LogP contribution in [0.25, 0.3) is 0 Å². The number of nitrogens with one attached hydrogen (secondary N) is 1. The van der Waals surface area contributed by atoms with Crippen molar-refractivity contribution in [2.24, 2.45) is 0 Å². The zero-order valence-corrected chi connectivity index (χ0v) is 21.6. The van der Waals surface area contributed by atoms with Crippen molar-refractivity contribution in [2.75, 3.05) is 45.9 Å². The highest BCUT2D eigenvalue weighted by molar-refractivity contribution is 5.96. The number of likely N-dealkylation sites (tertiary alicyclic amines) is 1. The summed E-state index contributed by atoms with van der Waals surface area (Å²) in [6.07, 6.45) is 4.67. The number of carbonyl (C=O) groups is 3. The monoisotopic (exact) mass is 537 g/mol. The highest BCUT2D eigenvalue weighted by Crippen LogP contribution is 2.29. The van der Waals surface area contributed by atoms with Crippen LogP contribution < -0.4 is 10.1 Å². The number of aromatic nitrogens is 1. The molecule has 0 bridgehead atoms. The standard InChI is InChI=1S/C28H32FN5O5/c29-22-9-2-1-7-20(22)28(37)32-11-12-34-19(13-32)16-39-27-21(8-4-10-30-27)26(36)31-23-14-33(18-5-3-6-18)15-24(23)38-17-25(34)35/h1-2,4,7-10,18-19,23-24H,3,5-6,11-17H2,(H,31,36)/t19-,23+,24-/m0/s1. The minimum Gasteiger partial charge on any atom is -0.475 e. The predicted octanol–water partition coefficient (Wildman–Crippen LogP) is 1.32. The van der Waals surface area contributed by atoms with E-state index in [0.29, 0.717) is 24.7 Å². The van der Waals surface area contributed by atoms with Gasteiger partial charge in [0.2, 0.25) is 11.8 Å². The molecule has 1 aromatic carbocycles. The summed E-state index contributed by atoms with van der Waals surface area (Å²) in [4.78, 5) is 49.7. The van der Waals surface area contributed by atoms with E-state index in [-0.39, 0.29) is 68.3 Å². The summed E-state index contributed by atoms with van der Waals surface area (Å²) in [7, 11) is 0. The highest BCUT2D eigenvalue weighted by atomic mass is 19.1. The van der Waals surface area contributed by atoms with Gasteiger partial charge in [-0.25, -0.2) is 9.37 Å². The number of halogens is 1. The summed E-state index contributed by atoms with van der Waals surface area (Å²) in [6, 6.07) is 8.86. The molecule has 1 N–H and O–H groups in total. The van der Waals surface area contributed by atoms with Crippen molar-refractivity contribution in [3.8, 4) is 5.88 Å². The third kappa shape index (κ3) is 5.20. The fourth-order valence-corrected chi connectivity index (χ4v) is 5.84. The number of hydrogen-bond donors (Lipinski definition) is 1. The molecule has 10 nitrogen and oxygen atoms in total. The van der Waals surface area contributed by atoms with Crippen LogP contribution >= 0.6 is 0 Å². The molecule has 206 valence electrons. The molecule has 0 spiro atoms. The molecule has 1 aliphatic carbocycles. The summed E-state index contributed by atoms with van der Waals surface area (Å²) in [5, 5.41) is 3.09. The second kappa shape index (κ2) is 10.9. The Bertz CT molecular complexity index is 1260. The zero-order valence-electron chi connectivity index (χ0n) is 21.6. The lowest BCUT2D eigenvalue weighted by atomic mass is 9.92. The average molecular weight is 538 g/mol. The number of nitrogens with zero attached hydrogens (tertiary/aromatic N) is 4. The Balaban J connectivity index is 1.25. The normalized spacial score (nSPS) is 26.5. The number of piperazine rings is 1. The number of pyridine rings is 1. The molecular weight excluding hydrogens is 505 g/mol. The van der Waals surface area contributed by atoms with Gasteiger partial charge in [-0.1, -0.05) is 18.6 Å². The van der Waals surface area contributed by atoms with Crippen LogP contribution in [0.3, 0.4) is 0 Å². The van der Waals surface area contributed by atoms with Crippen LogP contribution in [0.5, 0.6) is 5.88 Å². The average Bonchev–Trinajstić information content (AvgIpc) is 3.30. The SMILES string of the molecule is O=C1N[C@@H]2CN(C3CCC3)C[C@@H]2OCC(=O)N2CCN(C(=O)c3ccccc3F)C[C@H]2COc2ncccc21. The molecule has 3 aliphatic heterocycles. The number of fused-ring (bicyclic) bond motifs is 3. The van der Waals surface area contributed by atoms with Gasteiger partial charge >= 0.3 is 0 Å². The van der Waals surface area contributed by atoms with Gasteiger partial charge in [0.15, 0.2) is 0 Å². The lowest BCUT2D eigenvalue weighted by Gasteiger charge is -2.41. The first kappa shape index (κ1) is 25.7. The van der Waals surface area contributed by atoms with E-state index in [4.69, 9.17) is 9.47 Å². The molecule has 4 aliphatic rings. The molecule has 3 fully saturated rings. The van der Waals surface area contributed by atoms with Gasteiger partial charge in [-0.05, 0) is 37.1 Å². The molecule has 2 aromatic rings. The molecule has 0 unspecified atom stereocenters. The fourth-order valence-electron chi connectivity index (χ4n) is 5.84. The Morgan fingerprint density at radius 3 is 2.67 bits per heavy atom. The largest absolute Gasteiger partial charge is 0.475 e. The molecule has 0 radical (unpaired) electrons. The summed E-state index contributed by atoms with van der Waals surface area (Å²) in [5.74, 6) is -1.40. The number of amides is 3. The first-order valence-corrected chi connectivity index (χ1v) is 13.6. The summed E-state index contributed by atoms with van der Waals surface area (Å²) in [5.41, 5.74) is 0.281. The van der Waals surface area contributed by atoms with Crippen molar-refractivity contribution in [3.63, 3.8) is 0 Å². The van der Waals surface area contributed by atoms with Crippen LogP contribution in [0.15, 0.2) is 42.6 Å². The van der Waals surface area contributed by atoms with Crippen molar-refractivity contribution in [1.29, 1.82) is 0 Å². The van der Waals surface area contributed by atoms with E-state index < -0.39 is 17.8 Å². The Labute approximate surface area is 226 Å². The summed E-state index contributed by atoms with van der Waals surface area (Å²) >= 11 is 0. The minimum absolute atomic E-state index is 0.00635. The molecule has 3 atom stereocenters. The summed E-state index contributed by atoms with van der Waals surface area (Å²) in [6.45, 7) is 1.83. The van der Waals surface area contributed by atoms with Gasteiger partial charge < -0.3 is 24.6 Å². The molecule has 1 aromatic heterocycles. The highest BCUT2D eigenvalue weighted by Gasteiger charge is 2.41. The maximum Gasteiger partial charge on any atom is 0.257 e. The number of hydrogen-bond acceptors (Lipinski definition) is 7. The topological polar surface area (TPSA) is 104 Å².